The highest BCUT2D eigenvalue weighted by Crippen LogP contribution is 2.47. The van der Waals surface area contributed by atoms with E-state index in [1.165, 1.54) is 0 Å². The molecule has 0 saturated heterocycles. The van der Waals surface area contributed by atoms with Gasteiger partial charge in [-0.2, -0.15) is 0 Å². The highest BCUT2D eigenvalue weighted by atomic mass is 16.5. The molecule has 1 unspecified atom stereocenters. The van der Waals surface area contributed by atoms with Gasteiger partial charge in [0.1, 0.15) is 6.10 Å². The number of rotatable bonds is 1. The molecule has 0 bridgehead atoms. The van der Waals surface area contributed by atoms with Gasteiger partial charge in [-0.15, -0.1) is 0 Å². The summed E-state index contributed by atoms with van der Waals surface area (Å²) in [5.41, 5.74) is 5.85. The Morgan fingerprint density at radius 2 is 1.70 bits per heavy atom. The normalized spacial score (nSPS) is 20.5. The largest absolute Gasteiger partial charge is 0.387 e. The molecule has 2 N–H and O–H groups in total. The van der Waals surface area contributed by atoms with Gasteiger partial charge in [0.05, 0.1) is 28.7 Å². The van der Waals surface area contributed by atoms with Crippen molar-refractivity contribution in [1.29, 1.82) is 0 Å². The van der Waals surface area contributed by atoms with Crippen molar-refractivity contribution in [1.82, 2.24) is 14.5 Å². The maximum atomic E-state index is 13.0. The summed E-state index contributed by atoms with van der Waals surface area (Å²) in [6.07, 6.45) is -1.25. The van der Waals surface area contributed by atoms with Crippen LogP contribution in [0, 0.1) is 0 Å². The Balaban J connectivity index is 1.90. The summed E-state index contributed by atoms with van der Waals surface area (Å²) in [5, 5.41) is 18.4. The molecule has 2 atom stereocenters. The van der Waals surface area contributed by atoms with E-state index in [1.807, 2.05) is 24.3 Å². The van der Waals surface area contributed by atoms with Crippen molar-refractivity contribution in [3.05, 3.63) is 59.7 Å². The average Bonchev–Trinajstić information content (AvgIpc) is 3.37. The second-order valence-electron chi connectivity index (χ2n) is 8.19. The van der Waals surface area contributed by atoms with Crippen LogP contribution in [0.25, 0.3) is 43.6 Å². The minimum Gasteiger partial charge on any atom is -0.387 e. The number of amides is 1. The van der Waals surface area contributed by atoms with E-state index in [2.05, 4.69) is 38.7 Å². The molecule has 5 aromatic rings. The minimum absolute atomic E-state index is 0.0280. The molecule has 1 amide bonds. The number of aliphatic hydroxyl groups excluding tert-OH is 1. The van der Waals surface area contributed by atoms with Crippen molar-refractivity contribution in [2.75, 3.05) is 7.11 Å². The molecule has 6 nitrogen and oxygen atoms in total. The van der Waals surface area contributed by atoms with Crippen LogP contribution in [0.5, 0.6) is 0 Å². The zero-order valence-electron chi connectivity index (χ0n) is 16.3. The first-order chi connectivity index (χ1) is 14.7. The third kappa shape index (κ3) is 1.72. The summed E-state index contributed by atoms with van der Waals surface area (Å²) in [6.45, 7) is 0.905. The first-order valence-electron chi connectivity index (χ1n) is 10.2. The van der Waals surface area contributed by atoms with Gasteiger partial charge < -0.3 is 24.3 Å². The lowest BCUT2D eigenvalue weighted by Crippen LogP contribution is -2.27. The predicted octanol–water partition coefficient (Wildman–Crippen LogP) is 3.67. The van der Waals surface area contributed by atoms with E-state index in [0.29, 0.717) is 13.1 Å². The van der Waals surface area contributed by atoms with Crippen molar-refractivity contribution in [2.45, 2.75) is 25.4 Å². The Bertz CT molecular complexity index is 1560. The Morgan fingerprint density at radius 1 is 1.00 bits per heavy atom. The van der Waals surface area contributed by atoms with Crippen LogP contribution >= 0.6 is 0 Å². The molecule has 2 aliphatic rings. The third-order valence-corrected chi connectivity index (χ3v) is 6.81. The van der Waals surface area contributed by atoms with Crippen LogP contribution in [0.15, 0.2) is 48.5 Å². The van der Waals surface area contributed by atoms with Gasteiger partial charge in [-0.05, 0) is 17.7 Å². The molecule has 0 radical (unpaired) electrons. The van der Waals surface area contributed by atoms with Gasteiger partial charge in [0.25, 0.3) is 5.91 Å². The Morgan fingerprint density at radius 3 is 2.47 bits per heavy atom. The van der Waals surface area contributed by atoms with E-state index >= 15 is 0 Å². The monoisotopic (exact) mass is 397 g/mol. The number of ether oxygens (including phenoxy) is 1. The van der Waals surface area contributed by atoms with Crippen molar-refractivity contribution < 1.29 is 14.6 Å². The van der Waals surface area contributed by atoms with E-state index in [-0.39, 0.29) is 5.91 Å². The van der Waals surface area contributed by atoms with Crippen LogP contribution in [0.2, 0.25) is 0 Å². The van der Waals surface area contributed by atoms with Crippen LogP contribution in [0.3, 0.4) is 0 Å². The number of carbonyl (C=O) groups is 1. The summed E-state index contributed by atoms with van der Waals surface area (Å²) in [7, 11) is 1.64. The maximum Gasteiger partial charge on any atom is 0.252 e. The number of aromatic nitrogens is 2. The number of para-hydroxylation sites is 2. The molecule has 2 aliphatic heterocycles. The van der Waals surface area contributed by atoms with Gasteiger partial charge in [0.15, 0.2) is 6.23 Å². The van der Waals surface area contributed by atoms with Crippen LogP contribution in [0.1, 0.15) is 22.1 Å². The number of aliphatic hydroxyl groups is 1. The molecule has 0 spiro atoms. The lowest BCUT2D eigenvalue weighted by atomic mass is 9.97. The number of methoxy groups -OCH3 is 1. The van der Waals surface area contributed by atoms with Crippen LogP contribution in [-0.4, -0.2) is 33.4 Å². The average molecular weight is 397 g/mol. The topological polar surface area (TPSA) is 68.4 Å². The molecule has 3 aromatic carbocycles. The first kappa shape index (κ1) is 16.4. The van der Waals surface area contributed by atoms with E-state index in [9.17, 15) is 9.90 Å². The zero-order valence-corrected chi connectivity index (χ0v) is 16.3. The first-order valence-corrected chi connectivity index (χ1v) is 10.2. The second kappa shape index (κ2) is 5.41. The van der Waals surface area contributed by atoms with Gasteiger partial charge in [0, 0.05) is 40.7 Å². The minimum atomic E-state index is -0.732. The molecule has 0 saturated carbocycles. The smallest absolute Gasteiger partial charge is 0.252 e. The Labute approximate surface area is 171 Å². The molecule has 30 heavy (non-hydrogen) atoms. The second-order valence-corrected chi connectivity index (χ2v) is 8.19. The molecule has 148 valence electrons. The van der Waals surface area contributed by atoms with E-state index in [1.54, 1.807) is 7.11 Å². The number of hydrogen-bond acceptors (Lipinski definition) is 3. The van der Waals surface area contributed by atoms with Crippen LogP contribution < -0.4 is 5.32 Å². The SMILES string of the molecule is CO[C@H]1C(O)Cn2c3ccccc3c3c4c(c5c6ccccc6n1c5c32)CNC4=O. The van der Waals surface area contributed by atoms with Crippen molar-refractivity contribution >= 4 is 49.5 Å². The summed E-state index contributed by atoms with van der Waals surface area (Å²) >= 11 is 0. The fraction of sp³-hybridized carbons (Fsp3) is 0.208. The summed E-state index contributed by atoms with van der Waals surface area (Å²) < 4.78 is 10.1. The summed E-state index contributed by atoms with van der Waals surface area (Å²) in [6, 6.07) is 16.3. The van der Waals surface area contributed by atoms with Crippen LogP contribution in [0.4, 0.5) is 0 Å². The van der Waals surface area contributed by atoms with Crippen LogP contribution in [-0.2, 0) is 17.8 Å². The molecule has 7 rings (SSSR count). The third-order valence-electron chi connectivity index (χ3n) is 6.81. The van der Waals surface area contributed by atoms with Crippen molar-refractivity contribution in [3.63, 3.8) is 0 Å². The van der Waals surface area contributed by atoms with Gasteiger partial charge in [-0.3, -0.25) is 4.79 Å². The molecular weight excluding hydrogens is 378 g/mol. The fourth-order valence-electron chi connectivity index (χ4n) is 5.73. The highest BCUT2D eigenvalue weighted by Gasteiger charge is 2.36. The zero-order chi connectivity index (χ0) is 20.1. The van der Waals surface area contributed by atoms with Gasteiger partial charge in [-0.1, -0.05) is 36.4 Å². The molecule has 0 fully saturated rings. The molecule has 2 aromatic heterocycles. The molecule has 0 aliphatic carbocycles. The van der Waals surface area contributed by atoms with Gasteiger partial charge in [0.2, 0.25) is 0 Å². The lowest BCUT2D eigenvalue weighted by molar-refractivity contribution is -0.0574. The quantitative estimate of drug-likeness (QED) is 0.454. The number of nitrogens with zero attached hydrogens (tertiary/aromatic N) is 2. The number of benzene rings is 3. The Hall–Kier alpha value is -3.35. The maximum absolute atomic E-state index is 13.0. The highest BCUT2D eigenvalue weighted by molar-refractivity contribution is 6.30. The summed E-state index contributed by atoms with van der Waals surface area (Å²) in [5.74, 6) is -0.0280. The Kier molecular flexibility index (Phi) is 2.97. The van der Waals surface area contributed by atoms with E-state index < -0.39 is 12.3 Å². The van der Waals surface area contributed by atoms with Crippen molar-refractivity contribution in [2.24, 2.45) is 0 Å². The van der Waals surface area contributed by atoms with E-state index in [0.717, 1.165) is 54.7 Å². The number of carbonyl (C=O) groups excluding carboxylic acids is 1. The molecular formula is C24H19N3O3. The van der Waals surface area contributed by atoms with E-state index in [4.69, 9.17) is 4.74 Å². The predicted molar refractivity (Wildman–Crippen MR) is 116 cm³/mol. The standard InChI is InChI=1S/C24H19N3O3/c1-30-24-17(28)11-26-15-8-4-2-6-12(15)19-20-14(10-25-23(20)29)18-13-7-3-5-9-16(13)27(24)22(18)21(19)26/h2-9,17,24,28H,10-11H2,1H3,(H,25,29)/t17?,24-/m0/s1. The number of hydrogen-bond donors (Lipinski definition) is 2. The van der Waals surface area contributed by atoms with Gasteiger partial charge >= 0.3 is 0 Å². The fourth-order valence-corrected chi connectivity index (χ4v) is 5.73. The molecule has 4 heterocycles. The van der Waals surface area contributed by atoms with Gasteiger partial charge in [-0.25, -0.2) is 0 Å². The molecule has 6 heteroatoms. The summed E-state index contributed by atoms with van der Waals surface area (Å²) in [4.78, 5) is 13.0. The number of nitrogens with one attached hydrogen (secondary N) is 1. The number of fused-ring (bicyclic) bond motifs is 9. The van der Waals surface area contributed by atoms with Crippen molar-refractivity contribution in [3.8, 4) is 0 Å². The lowest BCUT2D eigenvalue weighted by Gasteiger charge is -2.23.